The molecule has 6 heteroatoms. The van der Waals surface area contributed by atoms with Crippen molar-refractivity contribution in [1.29, 1.82) is 0 Å². The summed E-state index contributed by atoms with van der Waals surface area (Å²) in [7, 11) is 0. The third-order valence-corrected chi connectivity index (χ3v) is 4.50. The molecule has 0 spiro atoms. The first-order chi connectivity index (χ1) is 12.8. The molecule has 0 radical (unpaired) electrons. The van der Waals surface area contributed by atoms with Crippen molar-refractivity contribution in [3.63, 3.8) is 0 Å². The summed E-state index contributed by atoms with van der Waals surface area (Å²) in [5.74, 6) is 1.07. The number of rotatable bonds is 7. The fourth-order valence-electron chi connectivity index (χ4n) is 3.10. The van der Waals surface area contributed by atoms with Crippen LogP contribution in [0.2, 0.25) is 0 Å². The van der Waals surface area contributed by atoms with Crippen LogP contribution in [0.3, 0.4) is 0 Å². The predicted octanol–water partition coefficient (Wildman–Crippen LogP) is 4.34. The molecule has 1 N–H and O–H groups in total. The lowest BCUT2D eigenvalue weighted by molar-refractivity contribution is 0.0527. The Morgan fingerprint density at radius 1 is 1.11 bits per heavy atom. The monoisotopic (exact) mass is 375 g/mol. The van der Waals surface area contributed by atoms with Crippen LogP contribution < -0.4 is 10.2 Å². The fourth-order valence-corrected chi connectivity index (χ4v) is 3.10. The summed E-state index contributed by atoms with van der Waals surface area (Å²) in [6.07, 6.45) is 8.20. The maximum Gasteiger partial charge on any atom is 0.407 e. The Morgan fingerprint density at radius 3 is 2.41 bits per heavy atom. The molecule has 1 fully saturated rings. The van der Waals surface area contributed by atoms with E-state index in [-0.39, 0.29) is 5.78 Å². The van der Waals surface area contributed by atoms with Gasteiger partial charge in [-0.3, -0.25) is 4.79 Å². The SMILES string of the molecule is CC(C)(C)OC(=O)NCCCCC(=O)c1ccc(N2CCCCCC2)nc1. The number of alkyl carbamates (subject to hydrolysis) is 1. The summed E-state index contributed by atoms with van der Waals surface area (Å²) in [4.78, 5) is 30.7. The molecule has 1 aromatic rings. The van der Waals surface area contributed by atoms with Gasteiger partial charge in [-0.1, -0.05) is 12.8 Å². The van der Waals surface area contributed by atoms with E-state index in [9.17, 15) is 9.59 Å². The Labute approximate surface area is 162 Å². The number of pyridine rings is 1. The predicted molar refractivity (Wildman–Crippen MR) is 107 cm³/mol. The van der Waals surface area contributed by atoms with E-state index in [2.05, 4.69) is 15.2 Å². The molecule has 1 aliphatic heterocycles. The third-order valence-electron chi connectivity index (χ3n) is 4.50. The number of carbonyl (C=O) groups is 2. The van der Waals surface area contributed by atoms with Gasteiger partial charge < -0.3 is 15.0 Å². The van der Waals surface area contributed by atoms with E-state index in [4.69, 9.17) is 4.74 Å². The van der Waals surface area contributed by atoms with Crippen molar-refractivity contribution in [2.75, 3.05) is 24.5 Å². The number of carbonyl (C=O) groups excluding carboxylic acids is 2. The average Bonchev–Trinajstić information content (AvgIpc) is 2.89. The number of hydrogen-bond donors (Lipinski definition) is 1. The molecule has 27 heavy (non-hydrogen) atoms. The Morgan fingerprint density at radius 2 is 1.81 bits per heavy atom. The van der Waals surface area contributed by atoms with Crippen LogP contribution >= 0.6 is 0 Å². The van der Waals surface area contributed by atoms with Gasteiger partial charge in [0.15, 0.2) is 5.78 Å². The summed E-state index contributed by atoms with van der Waals surface area (Å²) in [5.41, 5.74) is 0.167. The molecule has 0 saturated carbocycles. The van der Waals surface area contributed by atoms with Crippen LogP contribution in [-0.4, -0.2) is 42.1 Å². The van der Waals surface area contributed by atoms with Crippen LogP contribution in [0, 0.1) is 0 Å². The van der Waals surface area contributed by atoms with Gasteiger partial charge in [-0.2, -0.15) is 0 Å². The molecule has 1 aromatic heterocycles. The summed E-state index contributed by atoms with van der Waals surface area (Å²) >= 11 is 0. The first-order valence-corrected chi connectivity index (χ1v) is 10.1. The number of nitrogens with zero attached hydrogens (tertiary/aromatic N) is 2. The molecule has 1 amide bonds. The number of ether oxygens (including phenoxy) is 1. The molecule has 0 bridgehead atoms. The highest BCUT2D eigenvalue weighted by Crippen LogP contribution is 2.18. The molecular formula is C21H33N3O3. The largest absolute Gasteiger partial charge is 0.444 e. The molecule has 1 aliphatic rings. The van der Waals surface area contributed by atoms with Gasteiger partial charge in [0.05, 0.1) is 0 Å². The van der Waals surface area contributed by atoms with Crippen molar-refractivity contribution < 1.29 is 14.3 Å². The minimum atomic E-state index is -0.494. The topological polar surface area (TPSA) is 71.5 Å². The van der Waals surface area contributed by atoms with Crippen molar-refractivity contribution in [2.24, 2.45) is 0 Å². The van der Waals surface area contributed by atoms with Crippen LogP contribution in [0.15, 0.2) is 18.3 Å². The number of nitrogens with one attached hydrogen (secondary N) is 1. The molecular weight excluding hydrogens is 342 g/mol. The highest BCUT2D eigenvalue weighted by molar-refractivity contribution is 5.95. The Kier molecular flexibility index (Phi) is 8.07. The van der Waals surface area contributed by atoms with Gasteiger partial charge in [0.2, 0.25) is 0 Å². The van der Waals surface area contributed by atoms with Crippen LogP contribution in [-0.2, 0) is 4.74 Å². The maximum absolute atomic E-state index is 12.3. The van der Waals surface area contributed by atoms with Crippen molar-refractivity contribution >= 4 is 17.7 Å². The normalized spacial score (nSPS) is 15.1. The second-order valence-electron chi connectivity index (χ2n) is 8.12. The van der Waals surface area contributed by atoms with Gasteiger partial charge in [-0.05, 0) is 58.6 Å². The highest BCUT2D eigenvalue weighted by atomic mass is 16.6. The van der Waals surface area contributed by atoms with E-state index < -0.39 is 11.7 Å². The molecule has 0 atom stereocenters. The minimum Gasteiger partial charge on any atom is -0.444 e. The van der Waals surface area contributed by atoms with Gasteiger partial charge in [-0.15, -0.1) is 0 Å². The summed E-state index contributed by atoms with van der Waals surface area (Å²) in [5, 5.41) is 2.71. The molecule has 0 unspecified atom stereocenters. The Balaban J connectivity index is 1.69. The number of anilines is 1. The summed E-state index contributed by atoms with van der Waals surface area (Å²) in [6, 6.07) is 3.84. The highest BCUT2D eigenvalue weighted by Gasteiger charge is 2.16. The lowest BCUT2D eigenvalue weighted by atomic mass is 10.1. The smallest absolute Gasteiger partial charge is 0.407 e. The van der Waals surface area contributed by atoms with Gasteiger partial charge in [0.25, 0.3) is 0 Å². The molecule has 2 heterocycles. The van der Waals surface area contributed by atoms with Crippen LogP contribution in [0.25, 0.3) is 0 Å². The van der Waals surface area contributed by atoms with Crippen LogP contribution in [0.1, 0.15) is 76.1 Å². The van der Waals surface area contributed by atoms with Gasteiger partial charge in [0.1, 0.15) is 11.4 Å². The number of amides is 1. The maximum atomic E-state index is 12.3. The first-order valence-electron chi connectivity index (χ1n) is 10.1. The molecule has 2 rings (SSSR count). The van der Waals surface area contributed by atoms with E-state index in [1.165, 1.54) is 25.7 Å². The lowest BCUT2D eigenvalue weighted by Crippen LogP contribution is -2.33. The second-order valence-corrected chi connectivity index (χ2v) is 8.12. The first kappa shape index (κ1) is 21.2. The summed E-state index contributed by atoms with van der Waals surface area (Å²) in [6.45, 7) is 8.09. The van der Waals surface area contributed by atoms with Gasteiger partial charge >= 0.3 is 6.09 Å². The van der Waals surface area contributed by atoms with E-state index in [0.29, 0.717) is 18.5 Å². The molecule has 0 aromatic carbocycles. The van der Waals surface area contributed by atoms with E-state index in [0.717, 1.165) is 31.7 Å². The summed E-state index contributed by atoms with van der Waals surface area (Å²) < 4.78 is 5.17. The average molecular weight is 376 g/mol. The zero-order valence-corrected chi connectivity index (χ0v) is 16.9. The van der Waals surface area contributed by atoms with Crippen molar-refractivity contribution in [1.82, 2.24) is 10.3 Å². The standard InChI is InChI=1S/C21H33N3O3/c1-21(2,3)27-20(26)22-13-7-6-10-18(25)17-11-12-19(23-16-17)24-14-8-4-5-9-15-24/h11-12,16H,4-10,13-15H2,1-3H3,(H,22,26). The number of ketones is 1. The van der Waals surface area contributed by atoms with Crippen molar-refractivity contribution in [3.05, 3.63) is 23.9 Å². The van der Waals surface area contributed by atoms with E-state index >= 15 is 0 Å². The van der Waals surface area contributed by atoms with E-state index in [1.54, 1.807) is 6.20 Å². The Hall–Kier alpha value is -2.11. The minimum absolute atomic E-state index is 0.0992. The fraction of sp³-hybridized carbons (Fsp3) is 0.667. The molecule has 1 saturated heterocycles. The number of unbranched alkanes of at least 4 members (excludes halogenated alkanes) is 1. The van der Waals surface area contributed by atoms with E-state index in [1.807, 2.05) is 32.9 Å². The van der Waals surface area contributed by atoms with Gasteiger partial charge in [-0.25, -0.2) is 9.78 Å². The molecule has 0 aliphatic carbocycles. The van der Waals surface area contributed by atoms with Crippen LogP contribution in [0.4, 0.5) is 10.6 Å². The zero-order valence-electron chi connectivity index (χ0n) is 16.9. The Bertz CT molecular complexity index is 600. The van der Waals surface area contributed by atoms with Gasteiger partial charge in [0, 0.05) is 37.8 Å². The second kappa shape index (κ2) is 10.3. The quantitative estimate of drug-likeness (QED) is 0.567. The van der Waals surface area contributed by atoms with Crippen molar-refractivity contribution in [3.8, 4) is 0 Å². The van der Waals surface area contributed by atoms with Crippen molar-refractivity contribution in [2.45, 2.75) is 71.3 Å². The number of aromatic nitrogens is 1. The number of Topliss-reactive ketones (excluding diaryl/α,β-unsaturated/α-hetero) is 1. The number of hydrogen-bond acceptors (Lipinski definition) is 5. The van der Waals surface area contributed by atoms with Crippen LogP contribution in [0.5, 0.6) is 0 Å². The zero-order chi connectivity index (χ0) is 19.7. The lowest BCUT2D eigenvalue weighted by Gasteiger charge is -2.21. The molecule has 6 nitrogen and oxygen atoms in total. The third kappa shape index (κ3) is 7.97. The molecule has 150 valence electrons.